The van der Waals surface area contributed by atoms with E-state index < -0.39 is 17.9 Å². The molecule has 1 saturated carbocycles. The number of para-hydroxylation sites is 1. The maximum atomic E-state index is 12.4. The lowest BCUT2D eigenvalue weighted by Crippen LogP contribution is -2.36. The van der Waals surface area contributed by atoms with E-state index in [0.29, 0.717) is 35.0 Å². The lowest BCUT2D eigenvalue weighted by molar-refractivity contribution is -0.133. The van der Waals surface area contributed by atoms with Crippen LogP contribution in [0.4, 0.5) is 0 Å². The fourth-order valence-electron chi connectivity index (χ4n) is 5.55. The van der Waals surface area contributed by atoms with Crippen LogP contribution < -0.4 is 4.74 Å². The molecule has 0 atom stereocenters. The number of carbonyl (C=O) groups is 2. The van der Waals surface area contributed by atoms with E-state index in [1.54, 1.807) is 43.0 Å². The zero-order valence-electron chi connectivity index (χ0n) is 20.5. The number of ether oxygens (including phenoxy) is 1. The van der Waals surface area contributed by atoms with Gasteiger partial charge in [-0.25, -0.2) is 9.59 Å². The molecule has 7 heteroatoms. The molecule has 0 bridgehead atoms. The number of aliphatic carboxylic acids is 2. The maximum Gasteiger partial charge on any atom is 0.334 e. The molecule has 1 aliphatic carbocycles. The molecule has 2 N–H and O–H groups in total. The first kappa shape index (κ1) is 25.1. The van der Waals surface area contributed by atoms with Gasteiger partial charge in [-0.15, -0.1) is 0 Å². The fourth-order valence-corrected chi connectivity index (χ4v) is 5.55. The second-order valence-electron chi connectivity index (χ2n) is 9.30. The van der Waals surface area contributed by atoms with Gasteiger partial charge in [-0.1, -0.05) is 43.2 Å². The minimum absolute atomic E-state index is 0.0144. The van der Waals surface area contributed by atoms with E-state index in [1.165, 1.54) is 18.4 Å². The number of carboxylic acid groups (broad SMARTS) is 2. The van der Waals surface area contributed by atoms with Crippen LogP contribution in [0.15, 0.2) is 71.1 Å². The lowest BCUT2D eigenvalue weighted by atomic mass is 9.79. The van der Waals surface area contributed by atoms with Crippen LogP contribution in [-0.4, -0.2) is 40.2 Å². The first-order valence-electron chi connectivity index (χ1n) is 12.2. The smallest absolute Gasteiger partial charge is 0.334 e. The molecular weight excluding hydrogens is 456 g/mol. The second kappa shape index (κ2) is 10.7. The van der Waals surface area contributed by atoms with Crippen molar-refractivity contribution in [3.8, 4) is 11.8 Å². The van der Waals surface area contributed by atoms with Crippen LogP contribution in [-0.2, 0) is 9.59 Å². The Bertz CT molecular complexity index is 1240. The summed E-state index contributed by atoms with van der Waals surface area (Å²) in [5.41, 5.74) is 2.90. The quantitative estimate of drug-likeness (QED) is 0.513. The molecule has 0 spiro atoms. The molecule has 0 aromatic heterocycles. The lowest BCUT2D eigenvalue weighted by Gasteiger charge is -2.37. The monoisotopic (exact) mass is 486 g/mol. The standard InChI is InChI=1S/C29H30N2O5/c1-18-25(28(32)33)27(22-11-7-8-20(16-22)17-30)26(29(34)35)19(2)31(18)14-15-36-24-13-6-5-12-23(24)21-9-3-4-10-21/h5-8,11-13,16,21,27H,3-4,9-10,14-15H2,1-2H3,(H,32,33)(H,34,35). The SMILES string of the molecule is CC1=C(C(=O)O)C(c2cccc(C#N)c2)C(C(=O)O)=C(C)N1CCOc1ccccc1C1CCCC1. The Labute approximate surface area is 210 Å². The molecule has 36 heavy (non-hydrogen) atoms. The summed E-state index contributed by atoms with van der Waals surface area (Å²) < 4.78 is 6.16. The zero-order valence-corrected chi connectivity index (χ0v) is 20.5. The molecule has 2 aliphatic rings. The molecule has 0 saturated heterocycles. The van der Waals surface area contributed by atoms with E-state index in [0.717, 1.165) is 18.6 Å². The highest BCUT2D eigenvalue weighted by atomic mass is 16.5. The van der Waals surface area contributed by atoms with Crippen molar-refractivity contribution in [1.29, 1.82) is 5.26 Å². The molecule has 1 heterocycles. The summed E-state index contributed by atoms with van der Waals surface area (Å²) in [6.07, 6.45) is 4.73. The molecule has 2 aromatic rings. The summed E-state index contributed by atoms with van der Waals surface area (Å²) in [5.74, 6) is -2.06. The van der Waals surface area contributed by atoms with Crippen molar-refractivity contribution in [3.63, 3.8) is 0 Å². The van der Waals surface area contributed by atoms with Gasteiger partial charge in [0.2, 0.25) is 0 Å². The number of hydrogen-bond acceptors (Lipinski definition) is 5. The summed E-state index contributed by atoms with van der Waals surface area (Å²) in [5, 5.41) is 29.6. The van der Waals surface area contributed by atoms with E-state index in [4.69, 9.17) is 4.74 Å². The summed E-state index contributed by atoms with van der Waals surface area (Å²) in [6.45, 7) is 3.96. The van der Waals surface area contributed by atoms with Crippen molar-refractivity contribution in [1.82, 2.24) is 4.90 Å². The van der Waals surface area contributed by atoms with Crippen molar-refractivity contribution in [2.24, 2.45) is 0 Å². The van der Waals surface area contributed by atoms with Crippen molar-refractivity contribution in [2.45, 2.75) is 51.4 Å². The number of carboxylic acids is 2. The Balaban J connectivity index is 1.65. The molecule has 186 valence electrons. The van der Waals surface area contributed by atoms with Gasteiger partial charge in [0.1, 0.15) is 12.4 Å². The second-order valence-corrected chi connectivity index (χ2v) is 9.30. The molecule has 7 nitrogen and oxygen atoms in total. The van der Waals surface area contributed by atoms with Gasteiger partial charge in [0.15, 0.2) is 0 Å². The van der Waals surface area contributed by atoms with Crippen molar-refractivity contribution >= 4 is 11.9 Å². The number of rotatable bonds is 8. The highest BCUT2D eigenvalue weighted by Gasteiger charge is 2.39. The number of allylic oxidation sites excluding steroid dienone is 2. The van der Waals surface area contributed by atoms with Gasteiger partial charge in [0.25, 0.3) is 0 Å². The summed E-state index contributed by atoms with van der Waals surface area (Å²) >= 11 is 0. The van der Waals surface area contributed by atoms with Crippen molar-refractivity contribution in [2.75, 3.05) is 13.2 Å². The van der Waals surface area contributed by atoms with Crippen LogP contribution in [0, 0.1) is 11.3 Å². The third-order valence-electron chi connectivity index (χ3n) is 7.26. The van der Waals surface area contributed by atoms with E-state index in [9.17, 15) is 25.1 Å². The molecule has 0 radical (unpaired) electrons. The molecule has 0 amide bonds. The average Bonchev–Trinajstić information content (AvgIpc) is 3.40. The van der Waals surface area contributed by atoms with Crippen LogP contribution >= 0.6 is 0 Å². The first-order valence-corrected chi connectivity index (χ1v) is 12.2. The predicted octanol–water partition coefficient (Wildman–Crippen LogP) is 5.41. The van der Waals surface area contributed by atoms with Crippen LogP contribution in [0.3, 0.4) is 0 Å². The molecule has 4 rings (SSSR count). The van der Waals surface area contributed by atoms with Gasteiger partial charge >= 0.3 is 11.9 Å². The normalized spacial score (nSPS) is 16.9. The molecular formula is C29H30N2O5. The van der Waals surface area contributed by atoms with E-state index >= 15 is 0 Å². The van der Waals surface area contributed by atoms with Crippen molar-refractivity contribution < 1.29 is 24.5 Å². The Morgan fingerprint density at radius 2 is 1.64 bits per heavy atom. The van der Waals surface area contributed by atoms with Gasteiger partial charge < -0.3 is 19.8 Å². The van der Waals surface area contributed by atoms with Gasteiger partial charge in [-0.05, 0) is 61.9 Å². The number of nitriles is 1. The Morgan fingerprint density at radius 3 is 2.25 bits per heavy atom. The van der Waals surface area contributed by atoms with E-state index in [-0.39, 0.29) is 17.8 Å². The third-order valence-corrected chi connectivity index (χ3v) is 7.26. The summed E-state index contributed by atoms with van der Waals surface area (Å²) in [4.78, 5) is 26.5. The van der Waals surface area contributed by atoms with Crippen LogP contribution in [0.25, 0.3) is 0 Å². The highest BCUT2D eigenvalue weighted by molar-refractivity contribution is 5.98. The minimum atomic E-state index is -1.19. The largest absolute Gasteiger partial charge is 0.491 e. The van der Waals surface area contributed by atoms with Gasteiger partial charge in [0, 0.05) is 11.4 Å². The number of hydrogen-bond donors (Lipinski definition) is 2. The Morgan fingerprint density at radius 1 is 1.00 bits per heavy atom. The fraction of sp³-hybridized carbons (Fsp3) is 0.345. The average molecular weight is 487 g/mol. The van der Waals surface area contributed by atoms with Gasteiger partial charge in [-0.2, -0.15) is 5.26 Å². The topological polar surface area (TPSA) is 111 Å². The Kier molecular flexibility index (Phi) is 7.44. The van der Waals surface area contributed by atoms with Crippen LogP contribution in [0.1, 0.15) is 68.1 Å². The first-order chi connectivity index (χ1) is 17.3. The molecule has 1 fully saturated rings. The highest BCUT2D eigenvalue weighted by Crippen LogP contribution is 2.42. The predicted molar refractivity (Wildman–Crippen MR) is 134 cm³/mol. The summed E-state index contributed by atoms with van der Waals surface area (Å²) in [6, 6.07) is 16.5. The van der Waals surface area contributed by atoms with E-state index in [2.05, 4.69) is 6.07 Å². The summed E-state index contributed by atoms with van der Waals surface area (Å²) in [7, 11) is 0. The molecule has 2 aromatic carbocycles. The van der Waals surface area contributed by atoms with Crippen LogP contribution in [0.2, 0.25) is 0 Å². The zero-order chi connectivity index (χ0) is 25.8. The third kappa shape index (κ3) is 4.85. The van der Waals surface area contributed by atoms with Gasteiger partial charge in [-0.3, -0.25) is 0 Å². The molecule has 0 unspecified atom stereocenters. The number of benzene rings is 2. The van der Waals surface area contributed by atoms with Crippen molar-refractivity contribution in [3.05, 3.63) is 87.8 Å². The Hall–Kier alpha value is -4.05. The van der Waals surface area contributed by atoms with Gasteiger partial charge in [0.05, 0.1) is 35.2 Å². The molecule has 1 aliphatic heterocycles. The van der Waals surface area contributed by atoms with E-state index in [1.807, 2.05) is 24.3 Å². The number of nitrogens with zero attached hydrogens (tertiary/aromatic N) is 2. The maximum absolute atomic E-state index is 12.4. The van der Waals surface area contributed by atoms with Crippen LogP contribution in [0.5, 0.6) is 5.75 Å². The minimum Gasteiger partial charge on any atom is -0.491 e.